The Morgan fingerprint density at radius 2 is 0.731 bits per heavy atom. The molecule has 2 atom stereocenters. The number of ether oxygens (including phenoxy) is 2. The summed E-state index contributed by atoms with van der Waals surface area (Å²) in [7, 11) is 1.47. The monoisotopic (exact) mass is 1120 g/mol. The van der Waals surface area contributed by atoms with Gasteiger partial charge in [0.1, 0.15) is 19.8 Å². The number of hydrogen-bond acceptors (Lipinski definition) is 7. The van der Waals surface area contributed by atoms with Crippen LogP contribution in [0.15, 0.2) is 36.5 Å². The molecule has 0 amide bonds. The molecule has 78 heavy (non-hydrogen) atoms. The Kier molecular flexibility index (Phi) is 58.5. The molecule has 0 spiro atoms. The standard InChI is InChI=1S/C68H130NO8P/c1-6-8-10-12-14-16-18-20-21-22-23-24-25-26-27-28-29-30-31-32-33-34-35-36-37-38-39-40-41-42-43-44-45-46-47-49-50-52-54-56-58-60-67(70)74-64-66(65-76-78(72,73)75-63-62-69(3,4)5)77-68(71)61-59-57-55-53-51-48-19-17-15-13-11-9-7-2/h9,11,15,17,48,51,66H,6-8,10,12-14,16,18-47,49-50,52-65H2,1-5H3/p+1/b11-9-,17-15-,51-48-. The molecule has 0 saturated heterocycles. The molecule has 0 bridgehead atoms. The van der Waals surface area contributed by atoms with E-state index in [1.807, 2.05) is 21.1 Å². The first-order chi connectivity index (χ1) is 38.0. The van der Waals surface area contributed by atoms with E-state index in [1.165, 1.54) is 244 Å². The van der Waals surface area contributed by atoms with Crippen molar-refractivity contribution < 1.29 is 42.1 Å². The zero-order valence-corrected chi connectivity index (χ0v) is 53.3. The van der Waals surface area contributed by atoms with Crippen LogP contribution in [0.4, 0.5) is 0 Å². The van der Waals surface area contributed by atoms with Crippen LogP contribution in [0.5, 0.6) is 0 Å². The first-order valence-corrected chi connectivity index (χ1v) is 35.2. The average Bonchev–Trinajstić information content (AvgIpc) is 3.40. The fourth-order valence-electron chi connectivity index (χ4n) is 10.0. The Hall–Kier alpha value is -1.77. The van der Waals surface area contributed by atoms with Gasteiger partial charge in [0.2, 0.25) is 0 Å². The van der Waals surface area contributed by atoms with E-state index in [4.69, 9.17) is 18.5 Å². The van der Waals surface area contributed by atoms with Gasteiger partial charge in [0.25, 0.3) is 0 Å². The highest BCUT2D eigenvalue weighted by Crippen LogP contribution is 2.43. The lowest BCUT2D eigenvalue weighted by molar-refractivity contribution is -0.870. The number of likely N-dealkylation sites (N-methyl/N-ethyl adjacent to an activating group) is 1. The number of quaternary nitrogens is 1. The molecule has 9 nitrogen and oxygen atoms in total. The third kappa shape index (κ3) is 63.4. The summed E-state index contributed by atoms with van der Waals surface area (Å²) >= 11 is 0. The van der Waals surface area contributed by atoms with Gasteiger partial charge in [-0.05, 0) is 44.9 Å². The number of allylic oxidation sites excluding steroid dienone is 6. The van der Waals surface area contributed by atoms with Gasteiger partial charge in [0.15, 0.2) is 6.10 Å². The summed E-state index contributed by atoms with van der Waals surface area (Å²) in [4.78, 5) is 35.6. The highest BCUT2D eigenvalue weighted by atomic mass is 31.2. The number of nitrogens with zero attached hydrogens (tertiary/aromatic N) is 1. The van der Waals surface area contributed by atoms with E-state index in [9.17, 15) is 19.0 Å². The third-order valence-electron chi connectivity index (χ3n) is 15.2. The summed E-state index contributed by atoms with van der Waals surface area (Å²) in [5.74, 6) is -0.820. The van der Waals surface area contributed by atoms with Gasteiger partial charge in [-0.15, -0.1) is 0 Å². The third-order valence-corrected chi connectivity index (χ3v) is 16.2. The van der Waals surface area contributed by atoms with Crippen LogP contribution in [0, 0.1) is 0 Å². The van der Waals surface area contributed by atoms with Gasteiger partial charge in [-0.2, -0.15) is 0 Å². The molecule has 0 aliphatic rings. The van der Waals surface area contributed by atoms with Crippen molar-refractivity contribution in [1.29, 1.82) is 0 Å². The zero-order chi connectivity index (χ0) is 57.0. The molecule has 1 N–H and O–H groups in total. The maximum Gasteiger partial charge on any atom is 0.472 e. The minimum atomic E-state index is -4.39. The van der Waals surface area contributed by atoms with Gasteiger partial charge in [-0.25, -0.2) is 4.57 Å². The van der Waals surface area contributed by atoms with Crippen molar-refractivity contribution in [1.82, 2.24) is 0 Å². The lowest BCUT2D eigenvalue weighted by atomic mass is 10.0. The average molecular weight is 1120 g/mol. The molecule has 0 saturated carbocycles. The predicted octanol–water partition coefficient (Wildman–Crippen LogP) is 21.5. The zero-order valence-electron chi connectivity index (χ0n) is 52.4. The minimum Gasteiger partial charge on any atom is -0.462 e. The molecule has 2 unspecified atom stereocenters. The quantitative estimate of drug-likeness (QED) is 0.0211. The van der Waals surface area contributed by atoms with Gasteiger partial charge in [-0.1, -0.05) is 314 Å². The summed E-state index contributed by atoms with van der Waals surface area (Å²) in [6, 6.07) is 0. The smallest absolute Gasteiger partial charge is 0.462 e. The number of carbonyl (C=O) groups excluding carboxylic acids is 2. The number of unbranched alkanes of at least 4 members (excludes halogenated alkanes) is 43. The minimum absolute atomic E-state index is 0.0269. The van der Waals surface area contributed by atoms with Crippen molar-refractivity contribution in [2.45, 2.75) is 341 Å². The number of phosphoric ester groups is 1. The van der Waals surface area contributed by atoms with Crippen molar-refractivity contribution in [2.75, 3.05) is 47.5 Å². The molecule has 0 heterocycles. The van der Waals surface area contributed by atoms with E-state index in [1.54, 1.807) is 0 Å². The SMILES string of the molecule is CC/C=C\C/C=C\C/C=C\CCCCCC(=O)OC(COC(=O)CCCCCCCCCCCCCCCCCCCCCCCCCCCCCCCCCCCCCCCCCCC)COP(=O)(O)OCC[N+](C)(C)C. The molecule has 10 heteroatoms. The van der Waals surface area contributed by atoms with Crippen molar-refractivity contribution in [3.05, 3.63) is 36.5 Å². The first-order valence-electron chi connectivity index (χ1n) is 33.7. The summed E-state index contributed by atoms with van der Waals surface area (Å²) < 4.78 is 34.5. The van der Waals surface area contributed by atoms with Crippen molar-refractivity contribution in [3.63, 3.8) is 0 Å². The molecule has 0 aromatic carbocycles. The molecule has 0 aromatic rings. The van der Waals surface area contributed by atoms with Gasteiger partial charge in [-0.3, -0.25) is 18.6 Å². The normalized spacial score (nSPS) is 13.4. The van der Waals surface area contributed by atoms with Gasteiger partial charge < -0.3 is 18.9 Å². The molecule has 0 aliphatic heterocycles. The Balaban J connectivity index is 3.78. The molecule has 0 aliphatic carbocycles. The number of phosphoric acid groups is 1. The Morgan fingerprint density at radius 1 is 0.410 bits per heavy atom. The van der Waals surface area contributed by atoms with E-state index in [0.29, 0.717) is 17.4 Å². The van der Waals surface area contributed by atoms with E-state index >= 15 is 0 Å². The van der Waals surface area contributed by atoms with Crippen LogP contribution in [-0.4, -0.2) is 74.9 Å². The number of carbonyl (C=O) groups is 2. The fourth-order valence-corrected chi connectivity index (χ4v) is 10.8. The molecule has 0 aromatic heterocycles. The van der Waals surface area contributed by atoms with Crippen LogP contribution in [0.1, 0.15) is 335 Å². The molecular weight excluding hydrogens is 990 g/mol. The molecule has 460 valence electrons. The first kappa shape index (κ1) is 76.2. The maximum absolute atomic E-state index is 12.7. The van der Waals surface area contributed by atoms with Crippen LogP contribution >= 0.6 is 7.82 Å². The summed E-state index contributed by atoms with van der Waals surface area (Å²) in [5, 5.41) is 0. The topological polar surface area (TPSA) is 108 Å². The van der Waals surface area contributed by atoms with Crippen LogP contribution in [-0.2, 0) is 32.7 Å². The molecule has 0 radical (unpaired) electrons. The second kappa shape index (κ2) is 59.8. The summed E-state index contributed by atoms with van der Waals surface area (Å²) in [5.41, 5.74) is 0. The van der Waals surface area contributed by atoms with E-state index < -0.39 is 26.5 Å². The molecule has 0 rings (SSSR count). The maximum atomic E-state index is 12.7. The molecular formula is C68H131NO8P+. The number of rotatable bonds is 63. The predicted molar refractivity (Wildman–Crippen MR) is 335 cm³/mol. The second-order valence-corrected chi connectivity index (χ2v) is 25.6. The Bertz CT molecular complexity index is 1410. The van der Waals surface area contributed by atoms with Crippen molar-refractivity contribution >= 4 is 19.8 Å². The Labute approximate surface area is 484 Å². The highest BCUT2D eigenvalue weighted by Gasteiger charge is 2.27. The van der Waals surface area contributed by atoms with Crippen LogP contribution < -0.4 is 0 Å². The van der Waals surface area contributed by atoms with Gasteiger partial charge >= 0.3 is 19.8 Å². The van der Waals surface area contributed by atoms with Crippen LogP contribution in [0.2, 0.25) is 0 Å². The summed E-state index contributed by atoms with van der Waals surface area (Å²) in [6.07, 6.45) is 75.9. The number of hydrogen-bond donors (Lipinski definition) is 1. The van der Waals surface area contributed by atoms with E-state index in [-0.39, 0.29) is 32.0 Å². The van der Waals surface area contributed by atoms with Gasteiger partial charge in [0.05, 0.1) is 27.7 Å². The lowest BCUT2D eigenvalue weighted by Crippen LogP contribution is -2.37. The second-order valence-electron chi connectivity index (χ2n) is 24.2. The largest absolute Gasteiger partial charge is 0.472 e. The van der Waals surface area contributed by atoms with Crippen molar-refractivity contribution in [3.8, 4) is 0 Å². The van der Waals surface area contributed by atoms with Crippen LogP contribution in [0.3, 0.4) is 0 Å². The highest BCUT2D eigenvalue weighted by molar-refractivity contribution is 7.47. The van der Waals surface area contributed by atoms with Gasteiger partial charge in [0, 0.05) is 12.8 Å². The number of esters is 2. The lowest BCUT2D eigenvalue weighted by Gasteiger charge is -2.24. The molecule has 0 fully saturated rings. The van der Waals surface area contributed by atoms with E-state index in [2.05, 4.69) is 50.3 Å². The van der Waals surface area contributed by atoms with E-state index in [0.717, 1.165) is 57.8 Å². The van der Waals surface area contributed by atoms with Crippen LogP contribution in [0.25, 0.3) is 0 Å². The summed E-state index contributed by atoms with van der Waals surface area (Å²) in [6.45, 7) is 4.32. The van der Waals surface area contributed by atoms with Crippen molar-refractivity contribution in [2.24, 2.45) is 0 Å². The fraction of sp³-hybridized carbons (Fsp3) is 0.882. The Morgan fingerprint density at radius 3 is 1.09 bits per heavy atom.